The Bertz CT molecular complexity index is 4490. The number of imide groups is 1. The molecule has 1 heterocycles. The first-order valence-corrected chi connectivity index (χ1v) is 45.1. The number of benzene rings is 3. The van der Waals surface area contributed by atoms with Crippen molar-refractivity contribution in [3.63, 3.8) is 0 Å². The molecular weight excluding hydrogens is 1730 g/mol. The van der Waals surface area contributed by atoms with E-state index >= 15 is 0 Å². The summed E-state index contributed by atoms with van der Waals surface area (Å²) < 4.78 is 0. The highest BCUT2D eigenvalue weighted by atomic mass is 32.2. The van der Waals surface area contributed by atoms with E-state index in [2.05, 4.69) is 37.2 Å². The minimum absolute atomic E-state index is 0.0230. The number of thioether (sulfide) groups is 1. The highest BCUT2D eigenvalue weighted by Crippen LogP contribution is 2.50. The SMILES string of the molecule is CC[C@H](C)[C@H](NC(=O)[C@H](CO)CC(=O)[C@H](Cc1ccc(O)cc1)NC(=O)[C@H](CC(=O)O)CC(=O)[C@H](CO)NC(=O)[C@@H](CC(=O)[C@H](Cc1ccccc1)NC(=O)[C@@H](CC(=O)CNC(=O)[C@H](CCC(=O)O)CC(=O)C1(C(=O)CCCN2C(=O)CSC2=O)CC1)[C@@H](C)O)[C@@H](C)O)C(=O)C[C@@H](Cc1ccc(O)cc1)C(=O)N[C@@H](CC(C)C)C(=O)C[C@@H](CC(=O)O)C(=O)N[C@H](C)CCCCN. The number of carboxylic acid groups (broad SMARTS) is 3. The lowest BCUT2D eigenvalue weighted by Gasteiger charge is -2.28. The van der Waals surface area contributed by atoms with Gasteiger partial charge in [-0.25, -0.2) is 0 Å². The largest absolute Gasteiger partial charge is 0.508 e. The zero-order chi connectivity index (χ0) is 97.7. The van der Waals surface area contributed by atoms with Crippen LogP contribution in [0.25, 0.3) is 0 Å². The summed E-state index contributed by atoms with van der Waals surface area (Å²) in [5.74, 6) is -30.8. The maximum Gasteiger partial charge on any atom is 0.304 e. The van der Waals surface area contributed by atoms with Crippen LogP contribution in [0.4, 0.5) is 4.79 Å². The number of amides is 9. The third kappa shape index (κ3) is 36.7. The smallest absolute Gasteiger partial charge is 0.304 e. The van der Waals surface area contributed by atoms with Crippen LogP contribution in [0.15, 0.2) is 78.9 Å². The van der Waals surface area contributed by atoms with Crippen LogP contribution >= 0.6 is 11.8 Å². The maximum atomic E-state index is 14.9. The van der Waals surface area contributed by atoms with E-state index < -0.39 is 315 Å². The molecule has 38 nitrogen and oxygen atoms in total. The second-order valence-electron chi connectivity index (χ2n) is 34.7. The molecule has 9 amide bonds. The average Bonchev–Trinajstić information content (AvgIpc) is 1.61. The average molecular weight is 1860 g/mol. The summed E-state index contributed by atoms with van der Waals surface area (Å²) in [5, 5.41) is 111. The molecule has 131 heavy (non-hydrogen) atoms. The van der Waals surface area contributed by atoms with Crippen LogP contribution in [-0.4, -0.2) is 255 Å². The van der Waals surface area contributed by atoms with Crippen molar-refractivity contribution in [2.75, 3.05) is 38.6 Å². The second kappa shape index (κ2) is 54.4. The van der Waals surface area contributed by atoms with Gasteiger partial charge in [-0.15, -0.1) is 0 Å². The number of rotatable bonds is 65. The lowest BCUT2D eigenvalue weighted by Crippen LogP contribution is -2.52. The van der Waals surface area contributed by atoms with Gasteiger partial charge in [0.25, 0.3) is 5.24 Å². The van der Waals surface area contributed by atoms with Crippen LogP contribution in [0.3, 0.4) is 0 Å². The molecule has 3 aromatic carbocycles. The van der Waals surface area contributed by atoms with Crippen molar-refractivity contribution in [2.24, 2.45) is 64.4 Å². The van der Waals surface area contributed by atoms with Gasteiger partial charge in [0.1, 0.15) is 29.1 Å². The third-order valence-electron chi connectivity index (χ3n) is 23.6. The van der Waals surface area contributed by atoms with Crippen molar-refractivity contribution in [3.8, 4) is 11.5 Å². The standard InChI is InChI=1S/C92H127N9O29S/c1-8-51(4)83(76(113)39-59(34-56-19-24-63(106)25-20-56)86(125)96-68(33-50(2)3)72(109)37-60(42-81(119)120)85(124)95-52(5)15-12-13-31-93)100-88(127)62(47-102)40-73(110)69(36-57-21-26-64(107)27-22-57)97-87(126)61(43-82(121)122)38-74(111)71(48-103)99-90(129)67(54(7)105)45-75(112)70(35-55-16-10-9-11-17-55)98-89(128)66(53(6)104)44-65(108)46-94-84(123)58(23-28-80(117)118)41-78(115)92(29-30-92)77(114)18-14-32-101-79(116)49-131-91(101)130/h9-11,16-17,19-22,24-27,50-54,58-62,66-71,83,102-107H,8,12-15,18,23,28-49,93H2,1-7H3,(H,94,123)(H,95,124)(H,96,125)(H,97,126)(H,98,128)(H,99,129)(H,100,127)(H,117,118)(H,119,120)(H,121,122)/t51-,52+,53+,54+,58+,59+,60-,61-,62-,66-,67-,68-,69-,70-,71-,83-/m0/s1. The van der Waals surface area contributed by atoms with Crippen molar-refractivity contribution in [1.29, 1.82) is 0 Å². The number of aromatic hydroxyl groups is 2. The number of phenolic OH excluding ortho intramolecular Hbond substituents is 2. The Hall–Kier alpha value is -11.4. The molecule has 5 rings (SSSR count). The fourth-order valence-corrected chi connectivity index (χ4v) is 16.1. The first kappa shape index (κ1) is 110. The zero-order valence-corrected chi connectivity index (χ0v) is 75.8. The van der Waals surface area contributed by atoms with E-state index in [9.17, 15) is 142 Å². The number of nitrogens with two attached hydrogens (primary N) is 1. The zero-order valence-electron chi connectivity index (χ0n) is 74.9. The van der Waals surface area contributed by atoms with Gasteiger partial charge in [-0.2, -0.15) is 0 Å². The van der Waals surface area contributed by atoms with Crippen molar-refractivity contribution in [1.82, 2.24) is 42.1 Å². The number of nitrogens with zero attached hydrogens (tertiary/aromatic N) is 1. The summed E-state index contributed by atoms with van der Waals surface area (Å²) in [7, 11) is 0. The van der Waals surface area contributed by atoms with Crippen LogP contribution in [0.2, 0.25) is 0 Å². The van der Waals surface area contributed by atoms with Gasteiger partial charge in [-0.1, -0.05) is 107 Å². The second-order valence-corrected chi connectivity index (χ2v) is 35.6. The molecule has 0 unspecified atom stereocenters. The number of unbranched alkanes of at least 4 members (excludes halogenated alkanes) is 1. The number of carbonyl (C=O) groups excluding carboxylic acids is 17. The molecule has 720 valence electrons. The first-order chi connectivity index (χ1) is 61.8. The van der Waals surface area contributed by atoms with Crippen LogP contribution in [0.1, 0.15) is 194 Å². The van der Waals surface area contributed by atoms with E-state index in [4.69, 9.17) is 5.73 Å². The summed E-state index contributed by atoms with van der Waals surface area (Å²) in [4.78, 5) is 274. The Morgan fingerprint density at radius 3 is 1.43 bits per heavy atom. The van der Waals surface area contributed by atoms with Crippen molar-refractivity contribution in [2.45, 2.75) is 245 Å². The van der Waals surface area contributed by atoms with E-state index in [1.165, 1.54) is 48.5 Å². The summed E-state index contributed by atoms with van der Waals surface area (Å²) in [6.45, 7) is 8.03. The van der Waals surface area contributed by atoms with Crippen LogP contribution in [0, 0.1) is 58.7 Å². The molecule has 1 saturated heterocycles. The van der Waals surface area contributed by atoms with E-state index in [1.807, 2.05) is 0 Å². The predicted octanol–water partition coefficient (Wildman–Crippen LogP) is 2.80. The Morgan fingerprint density at radius 2 is 0.931 bits per heavy atom. The van der Waals surface area contributed by atoms with E-state index in [1.54, 1.807) is 65.0 Å². The molecule has 1 aliphatic heterocycles. The first-order valence-electron chi connectivity index (χ1n) is 44.2. The van der Waals surface area contributed by atoms with E-state index in [-0.39, 0.29) is 86.6 Å². The lowest BCUT2D eigenvalue weighted by atomic mass is 9.85. The number of aliphatic hydroxyl groups excluding tert-OH is 4. The van der Waals surface area contributed by atoms with Crippen LogP contribution < -0.4 is 43.0 Å². The van der Waals surface area contributed by atoms with Gasteiger partial charge in [-0.3, -0.25) is 101 Å². The fraction of sp³-hybridized carbons (Fsp3) is 0.587. The molecule has 2 fully saturated rings. The molecule has 0 radical (unpaired) electrons. The molecular formula is C92H127N9O29S. The number of nitrogens with one attached hydrogen (secondary N) is 7. The number of hydrogen-bond donors (Lipinski definition) is 17. The number of carbonyl (C=O) groups is 20. The van der Waals surface area contributed by atoms with Crippen molar-refractivity contribution < 1.29 is 142 Å². The van der Waals surface area contributed by atoms with Gasteiger partial charge in [0, 0.05) is 82.2 Å². The van der Waals surface area contributed by atoms with Crippen molar-refractivity contribution >= 4 is 128 Å². The molecule has 1 saturated carbocycles. The Morgan fingerprint density at radius 1 is 0.458 bits per heavy atom. The van der Waals surface area contributed by atoms with E-state index in [0.29, 0.717) is 36.9 Å². The quantitative estimate of drug-likeness (QED) is 0.0285. The summed E-state index contributed by atoms with van der Waals surface area (Å²) >= 11 is 0.818. The van der Waals surface area contributed by atoms with Gasteiger partial charge in [0.05, 0.1) is 110 Å². The molecule has 0 bridgehead atoms. The monoisotopic (exact) mass is 1850 g/mol. The number of aliphatic carboxylic acids is 3. The minimum atomic E-state index is -2.00. The normalized spacial score (nSPS) is 16.5. The third-order valence-corrected chi connectivity index (χ3v) is 24.4. The number of aliphatic hydroxyl groups is 4. The lowest BCUT2D eigenvalue weighted by molar-refractivity contribution is -0.143. The maximum absolute atomic E-state index is 14.9. The minimum Gasteiger partial charge on any atom is -0.508 e. The van der Waals surface area contributed by atoms with Crippen LogP contribution in [-0.2, 0) is 110 Å². The number of carboxylic acids is 3. The summed E-state index contributed by atoms with van der Waals surface area (Å²) in [5.41, 5.74) is 5.29. The highest BCUT2D eigenvalue weighted by molar-refractivity contribution is 8.14. The van der Waals surface area contributed by atoms with E-state index in [0.717, 1.165) is 30.5 Å². The van der Waals surface area contributed by atoms with Gasteiger partial charge in [0.2, 0.25) is 47.3 Å². The molecule has 18 N–H and O–H groups in total. The molecule has 0 aromatic heterocycles. The van der Waals surface area contributed by atoms with Crippen molar-refractivity contribution in [3.05, 3.63) is 95.6 Å². The number of Topliss-reactive ketones (excluding diaryl/α,β-unsaturated/α-hetero) is 8. The molecule has 0 spiro atoms. The van der Waals surface area contributed by atoms with Gasteiger partial charge >= 0.3 is 17.9 Å². The number of ketones is 8. The summed E-state index contributed by atoms with van der Waals surface area (Å²) in [6, 6.07) is 10.3. The van der Waals surface area contributed by atoms with Gasteiger partial charge in [-0.05, 0) is 144 Å². The Kier molecular flexibility index (Phi) is 45.8. The van der Waals surface area contributed by atoms with Crippen LogP contribution in [0.5, 0.6) is 11.5 Å². The Balaban J connectivity index is 1.31. The Labute approximate surface area is 763 Å². The number of hydrogen-bond acceptors (Lipinski definition) is 28. The topological polar surface area (TPSA) is 637 Å². The molecule has 39 heteroatoms. The molecule has 16 atom stereocenters. The molecule has 1 aliphatic carbocycles. The fourth-order valence-electron chi connectivity index (χ4n) is 15.4. The predicted molar refractivity (Wildman–Crippen MR) is 472 cm³/mol. The summed E-state index contributed by atoms with van der Waals surface area (Å²) in [6.07, 6.45) is -10.3. The number of phenols is 2. The van der Waals surface area contributed by atoms with Gasteiger partial charge < -0.3 is 88.9 Å². The van der Waals surface area contributed by atoms with Gasteiger partial charge in [0.15, 0.2) is 34.7 Å². The molecule has 3 aromatic rings. The molecule has 2 aliphatic rings. The highest BCUT2D eigenvalue weighted by Gasteiger charge is 2.55.